The number of aliphatic hydroxyl groups is 1. The molecule has 2 fully saturated rings. The Morgan fingerprint density at radius 3 is 2.74 bits per heavy atom. The number of aliphatic hydroxyl groups excluding tert-OH is 1. The average Bonchev–Trinajstić information content (AvgIpc) is 3.35. The number of nitrogens with two attached hydrogens (primary N) is 1. The number of aliphatic imine (C=N–C) groups is 1. The number of nitrogens with zero attached hydrogens (tertiary/aromatic N) is 2. The molecule has 1 unspecified atom stereocenters. The number of H-pyrrole nitrogens is 1. The van der Waals surface area contributed by atoms with Gasteiger partial charge in [-0.3, -0.25) is 14.8 Å². The minimum atomic E-state index is -0.545. The Bertz CT molecular complexity index is 952. The van der Waals surface area contributed by atoms with Crippen LogP contribution in [0.5, 0.6) is 0 Å². The Morgan fingerprint density at radius 2 is 1.96 bits per heavy atom. The molecule has 0 amide bonds. The van der Waals surface area contributed by atoms with Crippen molar-refractivity contribution in [3.63, 3.8) is 0 Å². The molecule has 4 N–H and O–H groups in total. The summed E-state index contributed by atoms with van der Waals surface area (Å²) in [5.41, 5.74) is 6.86. The van der Waals surface area contributed by atoms with Crippen molar-refractivity contribution in [1.29, 1.82) is 0 Å². The van der Waals surface area contributed by atoms with E-state index in [4.69, 9.17) is 19.8 Å². The lowest BCUT2D eigenvalue weighted by Crippen LogP contribution is -2.38. The first kappa shape index (κ1) is 16.6. The van der Waals surface area contributed by atoms with Gasteiger partial charge in [0.1, 0.15) is 6.10 Å². The minimum absolute atomic E-state index is 0.0215. The van der Waals surface area contributed by atoms with Gasteiger partial charge < -0.3 is 24.9 Å². The lowest BCUT2D eigenvalue weighted by molar-refractivity contribution is -0.0290. The van der Waals surface area contributed by atoms with Gasteiger partial charge in [-0.2, -0.15) is 0 Å². The zero-order valence-corrected chi connectivity index (χ0v) is 14.2. The topological polar surface area (TPSA) is 132 Å². The molecule has 138 valence electrons. The van der Waals surface area contributed by atoms with Crippen LogP contribution < -0.4 is 16.8 Å². The Kier molecular flexibility index (Phi) is 3.87. The maximum atomic E-state index is 12.1. The molecule has 27 heavy (non-hydrogen) atoms. The van der Waals surface area contributed by atoms with E-state index in [1.165, 1.54) is 0 Å². The maximum absolute atomic E-state index is 12.1. The van der Waals surface area contributed by atoms with Crippen molar-refractivity contribution in [1.82, 2.24) is 9.97 Å². The number of benzene rings is 1. The number of aromatic amines is 1. The highest BCUT2D eigenvalue weighted by Gasteiger charge is 2.56. The maximum Gasteiger partial charge on any atom is 0.494 e. The molecule has 3 aliphatic heterocycles. The highest BCUT2D eigenvalue weighted by molar-refractivity contribution is 6.61. The van der Waals surface area contributed by atoms with Crippen LogP contribution in [0.4, 0.5) is 11.6 Å². The number of hydrogen-bond acceptors (Lipinski definition) is 8. The van der Waals surface area contributed by atoms with Gasteiger partial charge in [0.05, 0.1) is 36.5 Å². The second kappa shape index (κ2) is 6.27. The summed E-state index contributed by atoms with van der Waals surface area (Å²) in [7, 11) is -0.545. The van der Waals surface area contributed by atoms with Gasteiger partial charge in [0, 0.05) is 6.21 Å². The molecule has 10 heteroatoms. The van der Waals surface area contributed by atoms with Crippen molar-refractivity contribution < 1.29 is 19.2 Å². The largest absolute Gasteiger partial charge is 0.494 e. The van der Waals surface area contributed by atoms with Crippen LogP contribution >= 0.6 is 0 Å². The molecule has 4 heterocycles. The van der Waals surface area contributed by atoms with Gasteiger partial charge in [-0.05, 0) is 5.46 Å². The van der Waals surface area contributed by atoms with E-state index in [0.717, 1.165) is 5.46 Å². The summed E-state index contributed by atoms with van der Waals surface area (Å²) in [4.78, 5) is 22.9. The number of rotatable bonds is 3. The number of fused-ring (bicyclic) bond motifs is 2. The third kappa shape index (κ3) is 2.60. The zero-order chi connectivity index (χ0) is 18.5. The van der Waals surface area contributed by atoms with Crippen molar-refractivity contribution in [3.05, 3.63) is 46.4 Å². The van der Waals surface area contributed by atoms with Crippen LogP contribution in [0.1, 0.15) is 11.6 Å². The van der Waals surface area contributed by atoms with Crippen molar-refractivity contribution >= 4 is 30.4 Å². The monoisotopic (exact) mass is 368 g/mol. The smallest absolute Gasteiger partial charge is 0.399 e. The second-order valence-electron chi connectivity index (χ2n) is 6.75. The van der Waals surface area contributed by atoms with Crippen LogP contribution in [0.15, 0.2) is 40.1 Å². The van der Waals surface area contributed by atoms with Crippen LogP contribution in [0.3, 0.4) is 0 Å². The molecular formula is C17H17BN4O5. The average molecular weight is 368 g/mol. The number of nitrogens with one attached hydrogen (secondary N) is 1. The molecule has 0 bridgehead atoms. The molecule has 1 aromatic heterocycles. The summed E-state index contributed by atoms with van der Waals surface area (Å²) in [6.07, 6.45) is -0.281. The number of aromatic nitrogens is 2. The summed E-state index contributed by atoms with van der Waals surface area (Å²) < 4.78 is 18.2. The van der Waals surface area contributed by atoms with Gasteiger partial charge in [-0.1, -0.05) is 30.3 Å². The SMILES string of the molecule is Nc1nc2c(c(=O)[nH]1)N=C[C@@H]2C1O[C@H](CO)[C@H]2OB(c3ccccc3)O[C@@H]12. The van der Waals surface area contributed by atoms with E-state index in [2.05, 4.69) is 15.0 Å². The molecule has 2 aromatic rings. The molecule has 0 saturated carbocycles. The lowest BCUT2D eigenvalue weighted by atomic mass is 9.79. The third-order valence-corrected chi connectivity index (χ3v) is 5.13. The van der Waals surface area contributed by atoms with Crippen LogP contribution in [0.25, 0.3) is 0 Å². The van der Waals surface area contributed by atoms with Crippen LogP contribution in [-0.2, 0) is 14.0 Å². The summed E-state index contributed by atoms with van der Waals surface area (Å²) in [6.45, 7) is -0.204. The van der Waals surface area contributed by atoms with Gasteiger partial charge >= 0.3 is 7.12 Å². The summed E-state index contributed by atoms with van der Waals surface area (Å²) in [5, 5.41) is 9.73. The molecule has 5 atom stereocenters. The number of hydrogen-bond donors (Lipinski definition) is 3. The fourth-order valence-electron chi connectivity index (χ4n) is 3.92. The molecule has 5 rings (SSSR count). The van der Waals surface area contributed by atoms with Crippen molar-refractivity contribution in [3.8, 4) is 0 Å². The van der Waals surface area contributed by atoms with E-state index in [1.54, 1.807) is 6.21 Å². The van der Waals surface area contributed by atoms with Gasteiger partial charge in [0.25, 0.3) is 5.56 Å². The van der Waals surface area contributed by atoms with E-state index in [1.807, 2.05) is 30.3 Å². The highest BCUT2D eigenvalue weighted by Crippen LogP contribution is 2.41. The molecule has 1 aromatic carbocycles. The zero-order valence-electron chi connectivity index (χ0n) is 14.2. The normalized spacial score (nSPS) is 31.3. The fraction of sp³-hybridized carbons (Fsp3) is 0.353. The van der Waals surface area contributed by atoms with Crippen molar-refractivity contribution in [2.24, 2.45) is 4.99 Å². The molecule has 2 saturated heterocycles. The first-order valence-corrected chi connectivity index (χ1v) is 8.72. The van der Waals surface area contributed by atoms with Gasteiger partial charge in [0.15, 0.2) is 5.69 Å². The fourth-order valence-corrected chi connectivity index (χ4v) is 3.92. The molecule has 0 spiro atoms. The Morgan fingerprint density at radius 1 is 1.19 bits per heavy atom. The van der Waals surface area contributed by atoms with E-state index >= 15 is 0 Å². The van der Waals surface area contributed by atoms with Crippen molar-refractivity contribution in [2.45, 2.75) is 30.3 Å². The van der Waals surface area contributed by atoms with Crippen LogP contribution in [0, 0.1) is 0 Å². The van der Waals surface area contributed by atoms with E-state index < -0.39 is 43.0 Å². The number of anilines is 1. The van der Waals surface area contributed by atoms with Gasteiger partial charge in [-0.15, -0.1) is 0 Å². The standard InChI is InChI=1S/C17H17BN4O5/c19-17-21-11-9(6-20-12(11)16(24)22-17)13-15-14(10(7-23)25-13)26-18(27-15)8-4-2-1-3-5-8/h1-6,9-10,13-15,23H,7H2,(H3,19,21,22,24)/t9-,10+,13?,14+,15-/m0/s1. The Hall–Kier alpha value is -2.53. The second-order valence-corrected chi connectivity index (χ2v) is 6.75. The van der Waals surface area contributed by atoms with E-state index in [-0.39, 0.29) is 18.2 Å². The molecule has 0 aliphatic carbocycles. The predicted octanol–water partition coefficient (Wildman–Crippen LogP) is -0.909. The third-order valence-electron chi connectivity index (χ3n) is 5.13. The molecule has 3 aliphatic rings. The lowest BCUT2D eigenvalue weighted by Gasteiger charge is -2.22. The molecule has 9 nitrogen and oxygen atoms in total. The number of nitrogen functional groups attached to an aromatic ring is 1. The summed E-state index contributed by atoms with van der Waals surface area (Å²) in [6, 6.07) is 9.58. The highest BCUT2D eigenvalue weighted by atomic mass is 16.7. The van der Waals surface area contributed by atoms with Crippen LogP contribution in [-0.4, -0.2) is 59.4 Å². The molecular weight excluding hydrogens is 351 g/mol. The number of ether oxygens (including phenoxy) is 1. The molecule has 0 radical (unpaired) electrons. The van der Waals surface area contributed by atoms with Gasteiger partial charge in [0.2, 0.25) is 5.95 Å². The summed E-state index contributed by atoms with van der Waals surface area (Å²) >= 11 is 0. The minimum Gasteiger partial charge on any atom is -0.399 e. The van der Waals surface area contributed by atoms with Crippen molar-refractivity contribution in [2.75, 3.05) is 12.3 Å². The first-order chi connectivity index (χ1) is 13.2. The van der Waals surface area contributed by atoms with Gasteiger partial charge in [-0.25, -0.2) is 4.98 Å². The predicted molar refractivity (Wildman–Crippen MR) is 97.5 cm³/mol. The van der Waals surface area contributed by atoms with E-state index in [9.17, 15) is 9.90 Å². The quantitative estimate of drug-likeness (QED) is 0.598. The Labute approximate surface area is 154 Å². The summed E-state index contributed by atoms with van der Waals surface area (Å²) in [5.74, 6) is -0.389. The van der Waals surface area contributed by atoms with Crippen LogP contribution in [0.2, 0.25) is 0 Å². The Balaban J connectivity index is 1.47. The first-order valence-electron chi connectivity index (χ1n) is 8.72. The van der Waals surface area contributed by atoms with E-state index in [0.29, 0.717) is 5.69 Å².